The zero-order valence-corrected chi connectivity index (χ0v) is 9.43. The van der Waals surface area contributed by atoms with Crippen molar-refractivity contribution in [2.24, 2.45) is 0 Å². The van der Waals surface area contributed by atoms with Crippen LogP contribution >= 0.6 is 0 Å². The third-order valence-electron chi connectivity index (χ3n) is 3.40. The molecule has 1 heterocycles. The first-order valence-electron chi connectivity index (χ1n) is 5.69. The van der Waals surface area contributed by atoms with Gasteiger partial charge in [0.1, 0.15) is 0 Å². The predicted octanol–water partition coefficient (Wildman–Crippen LogP) is 2.31. The van der Waals surface area contributed by atoms with Gasteiger partial charge in [-0.1, -0.05) is 0 Å². The summed E-state index contributed by atoms with van der Waals surface area (Å²) in [6.07, 6.45) is 2.33. The van der Waals surface area contributed by atoms with Crippen LogP contribution in [0.15, 0.2) is 6.08 Å². The van der Waals surface area contributed by atoms with Crippen molar-refractivity contribution in [1.29, 1.82) is 0 Å². The number of benzene rings is 1. The minimum atomic E-state index is -1.07. The average molecular weight is 252 g/mol. The van der Waals surface area contributed by atoms with E-state index in [4.69, 9.17) is 9.84 Å². The Labute approximate surface area is 102 Å². The van der Waals surface area contributed by atoms with Gasteiger partial charge in [-0.05, 0) is 29.5 Å². The summed E-state index contributed by atoms with van der Waals surface area (Å²) >= 11 is 0. The highest BCUT2D eigenvalue weighted by molar-refractivity contribution is 5.93. The van der Waals surface area contributed by atoms with E-state index in [9.17, 15) is 13.6 Å². The van der Waals surface area contributed by atoms with Gasteiger partial charge < -0.3 is 9.84 Å². The van der Waals surface area contributed by atoms with E-state index in [1.54, 1.807) is 0 Å². The standard InChI is InChI=1S/C13H10F2O3/c14-11-7-2-1-6(5-9(16)17)10(7)8-3-4-18-13(8)12(11)15/h5H,1-4H2,(H,16,17). The van der Waals surface area contributed by atoms with E-state index >= 15 is 0 Å². The lowest BCUT2D eigenvalue weighted by Gasteiger charge is -2.09. The zero-order chi connectivity index (χ0) is 12.9. The summed E-state index contributed by atoms with van der Waals surface area (Å²) in [6.45, 7) is 0.308. The fraction of sp³-hybridized carbons (Fsp3) is 0.308. The Morgan fingerprint density at radius 1 is 1.17 bits per heavy atom. The Morgan fingerprint density at radius 2 is 1.94 bits per heavy atom. The van der Waals surface area contributed by atoms with Gasteiger partial charge in [0, 0.05) is 18.1 Å². The average Bonchev–Trinajstić information content (AvgIpc) is 2.91. The van der Waals surface area contributed by atoms with Crippen molar-refractivity contribution in [3.63, 3.8) is 0 Å². The maximum absolute atomic E-state index is 13.8. The number of carboxylic acids is 1. The van der Waals surface area contributed by atoms with Gasteiger partial charge >= 0.3 is 5.97 Å². The number of hydrogen-bond acceptors (Lipinski definition) is 2. The molecule has 0 atom stereocenters. The molecule has 1 aromatic carbocycles. The fourth-order valence-corrected chi connectivity index (χ4v) is 2.71. The number of hydrogen-bond donors (Lipinski definition) is 1. The molecule has 0 unspecified atom stereocenters. The molecule has 0 bridgehead atoms. The Morgan fingerprint density at radius 3 is 2.67 bits per heavy atom. The molecule has 3 nitrogen and oxygen atoms in total. The maximum atomic E-state index is 13.8. The molecule has 3 rings (SSSR count). The minimum Gasteiger partial charge on any atom is -0.490 e. The summed E-state index contributed by atoms with van der Waals surface area (Å²) in [5, 5.41) is 8.80. The Balaban J connectivity index is 2.28. The summed E-state index contributed by atoms with van der Waals surface area (Å²) in [6, 6.07) is 0. The van der Waals surface area contributed by atoms with Crippen LogP contribution in [-0.2, 0) is 17.6 Å². The molecular formula is C13H10F2O3. The lowest BCUT2D eigenvalue weighted by atomic mass is 9.97. The molecule has 18 heavy (non-hydrogen) atoms. The van der Waals surface area contributed by atoms with Crippen molar-refractivity contribution in [3.8, 4) is 5.75 Å². The molecule has 5 heteroatoms. The molecule has 1 aliphatic carbocycles. The summed E-state index contributed by atoms with van der Waals surface area (Å²) < 4.78 is 32.7. The predicted molar refractivity (Wildman–Crippen MR) is 59.5 cm³/mol. The van der Waals surface area contributed by atoms with Crippen LogP contribution in [0.25, 0.3) is 5.57 Å². The van der Waals surface area contributed by atoms with Gasteiger partial charge in [0.2, 0.25) is 5.82 Å². The van der Waals surface area contributed by atoms with Crippen LogP contribution in [-0.4, -0.2) is 17.7 Å². The van der Waals surface area contributed by atoms with Gasteiger partial charge in [-0.3, -0.25) is 0 Å². The van der Waals surface area contributed by atoms with Crippen LogP contribution in [0.1, 0.15) is 23.1 Å². The van der Waals surface area contributed by atoms with Gasteiger partial charge in [-0.15, -0.1) is 0 Å². The molecule has 0 fully saturated rings. The zero-order valence-electron chi connectivity index (χ0n) is 9.43. The third-order valence-corrected chi connectivity index (χ3v) is 3.40. The Hall–Kier alpha value is -1.91. The molecule has 0 amide bonds. The monoisotopic (exact) mass is 252 g/mol. The van der Waals surface area contributed by atoms with Gasteiger partial charge in [-0.25, -0.2) is 9.18 Å². The fourth-order valence-electron chi connectivity index (χ4n) is 2.71. The number of fused-ring (bicyclic) bond motifs is 3. The van der Waals surface area contributed by atoms with Crippen molar-refractivity contribution in [2.45, 2.75) is 19.3 Å². The highest BCUT2D eigenvalue weighted by atomic mass is 19.2. The second-order valence-electron chi connectivity index (χ2n) is 4.40. The first kappa shape index (κ1) is 11.2. The van der Waals surface area contributed by atoms with Gasteiger partial charge in [-0.2, -0.15) is 4.39 Å². The number of carbonyl (C=O) groups is 1. The van der Waals surface area contributed by atoms with Crippen LogP contribution in [0.3, 0.4) is 0 Å². The molecule has 94 valence electrons. The van der Waals surface area contributed by atoms with Crippen LogP contribution < -0.4 is 4.74 Å². The molecule has 0 saturated carbocycles. The van der Waals surface area contributed by atoms with E-state index in [1.165, 1.54) is 0 Å². The van der Waals surface area contributed by atoms with Gasteiger partial charge in [0.15, 0.2) is 11.6 Å². The lowest BCUT2D eigenvalue weighted by molar-refractivity contribution is -0.131. The van der Waals surface area contributed by atoms with E-state index < -0.39 is 17.6 Å². The normalized spacial score (nSPS) is 18.7. The van der Waals surface area contributed by atoms with Crippen LogP contribution in [0.5, 0.6) is 5.75 Å². The first-order chi connectivity index (χ1) is 8.59. The number of rotatable bonds is 1. The topological polar surface area (TPSA) is 46.5 Å². The number of allylic oxidation sites excluding steroid dienone is 1. The second kappa shape index (κ2) is 3.80. The van der Waals surface area contributed by atoms with Crippen molar-refractivity contribution in [3.05, 3.63) is 34.4 Å². The first-order valence-corrected chi connectivity index (χ1v) is 5.69. The SMILES string of the molecule is O=C(O)C=C1CCc2c(F)c(F)c3c(c21)CCO3. The molecule has 0 spiro atoms. The molecule has 1 N–H and O–H groups in total. The van der Waals surface area contributed by atoms with Crippen LogP contribution in [0.4, 0.5) is 8.78 Å². The Kier molecular flexibility index (Phi) is 2.36. The molecule has 1 aromatic rings. The van der Waals surface area contributed by atoms with E-state index in [0.717, 1.165) is 6.08 Å². The number of ether oxygens (including phenoxy) is 1. The van der Waals surface area contributed by atoms with E-state index in [1.807, 2.05) is 0 Å². The molecule has 0 saturated heterocycles. The van der Waals surface area contributed by atoms with E-state index in [2.05, 4.69) is 0 Å². The highest BCUT2D eigenvalue weighted by Crippen LogP contribution is 2.44. The molecular weight excluding hydrogens is 242 g/mol. The number of halogens is 2. The summed E-state index contributed by atoms with van der Waals surface area (Å²) in [5.74, 6) is -2.98. The molecule has 0 aromatic heterocycles. The highest BCUT2D eigenvalue weighted by Gasteiger charge is 2.33. The van der Waals surface area contributed by atoms with Crippen molar-refractivity contribution >= 4 is 11.5 Å². The third kappa shape index (κ3) is 1.43. The largest absolute Gasteiger partial charge is 0.490 e. The van der Waals surface area contributed by atoms with Gasteiger partial charge in [0.25, 0.3) is 0 Å². The minimum absolute atomic E-state index is 0.0514. The van der Waals surface area contributed by atoms with Crippen LogP contribution in [0.2, 0.25) is 0 Å². The van der Waals surface area contributed by atoms with Crippen LogP contribution in [0, 0.1) is 11.6 Å². The van der Waals surface area contributed by atoms with Crippen molar-refractivity contribution in [2.75, 3.05) is 6.61 Å². The maximum Gasteiger partial charge on any atom is 0.328 e. The lowest BCUT2D eigenvalue weighted by Crippen LogP contribution is -1.99. The van der Waals surface area contributed by atoms with Gasteiger partial charge in [0.05, 0.1) is 6.61 Å². The molecule has 1 aliphatic heterocycles. The van der Waals surface area contributed by atoms with Crippen molar-refractivity contribution in [1.82, 2.24) is 0 Å². The van der Waals surface area contributed by atoms with Crippen molar-refractivity contribution < 1.29 is 23.4 Å². The summed E-state index contributed by atoms with van der Waals surface area (Å²) in [7, 11) is 0. The number of carboxylic acid groups (broad SMARTS) is 1. The molecule has 0 radical (unpaired) electrons. The van der Waals surface area contributed by atoms with E-state index in [-0.39, 0.29) is 11.3 Å². The second-order valence-corrected chi connectivity index (χ2v) is 4.40. The Bertz CT molecular complexity index is 591. The number of aliphatic carboxylic acids is 1. The van der Waals surface area contributed by atoms with E-state index in [0.29, 0.717) is 42.6 Å². The molecule has 2 aliphatic rings. The summed E-state index contributed by atoms with van der Waals surface area (Å²) in [5.41, 5.74) is 1.99. The smallest absolute Gasteiger partial charge is 0.328 e. The summed E-state index contributed by atoms with van der Waals surface area (Å²) in [4.78, 5) is 10.7. The quantitative estimate of drug-likeness (QED) is 0.780.